The molecule has 0 N–H and O–H groups in total. The molecule has 0 radical (unpaired) electrons. The largest absolute Gasteiger partial charge is 0.500 e. The summed E-state index contributed by atoms with van der Waals surface area (Å²) in [5, 5.41) is 0. The lowest BCUT2D eigenvalue weighted by molar-refractivity contribution is -0.135. The minimum atomic E-state index is -2.61. The quantitative estimate of drug-likeness (QED) is 0.132. The number of unbranched alkanes of at least 4 members (excludes halogenated alkanes) is 2. The molecule has 1 aromatic carbocycles. The van der Waals surface area contributed by atoms with Crippen LogP contribution in [0.5, 0.6) is 5.75 Å². The molecule has 168 valence electrons. The fraction of sp³-hybridized carbons (Fsp3) is 0.545. The number of rotatable bonds is 15. The van der Waals surface area contributed by atoms with Gasteiger partial charge in [-0.05, 0) is 57.4 Å². The fourth-order valence-electron chi connectivity index (χ4n) is 2.85. The van der Waals surface area contributed by atoms with Crippen molar-refractivity contribution in [3.63, 3.8) is 0 Å². The summed E-state index contributed by atoms with van der Waals surface area (Å²) in [5.41, 5.74) is 0.811. The zero-order valence-electron chi connectivity index (χ0n) is 18.5. The molecule has 0 fully saturated rings. The van der Waals surface area contributed by atoms with Gasteiger partial charge in [-0.1, -0.05) is 18.6 Å². The van der Waals surface area contributed by atoms with E-state index in [1.54, 1.807) is 30.3 Å². The molecule has 8 heteroatoms. The first-order valence-corrected chi connectivity index (χ1v) is 12.4. The van der Waals surface area contributed by atoms with E-state index < -0.39 is 14.8 Å². The van der Waals surface area contributed by atoms with Crippen molar-refractivity contribution in [3.05, 3.63) is 35.9 Å². The zero-order chi connectivity index (χ0) is 22.2. The predicted molar refractivity (Wildman–Crippen MR) is 117 cm³/mol. The van der Waals surface area contributed by atoms with Gasteiger partial charge >= 0.3 is 20.7 Å². The van der Waals surface area contributed by atoms with Crippen LogP contribution in [-0.2, 0) is 27.6 Å². The van der Waals surface area contributed by atoms with Gasteiger partial charge in [0.2, 0.25) is 0 Å². The Hall–Kier alpha value is -2.00. The van der Waals surface area contributed by atoms with Crippen LogP contribution in [0.3, 0.4) is 0 Å². The van der Waals surface area contributed by atoms with Crippen molar-refractivity contribution in [2.45, 2.75) is 52.5 Å². The van der Waals surface area contributed by atoms with Crippen LogP contribution in [0, 0.1) is 0 Å². The number of benzene rings is 1. The highest BCUT2D eigenvalue weighted by atomic mass is 28.4. The van der Waals surface area contributed by atoms with Gasteiger partial charge in [0.15, 0.2) is 0 Å². The molecule has 0 amide bonds. The minimum Gasteiger partial charge on any atom is -0.466 e. The Balaban J connectivity index is 2.37. The van der Waals surface area contributed by atoms with Crippen LogP contribution < -0.4 is 4.74 Å². The summed E-state index contributed by atoms with van der Waals surface area (Å²) in [6.07, 6.45) is 5.79. The Kier molecular flexibility index (Phi) is 12.9. The molecule has 0 aliphatic rings. The van der Waals surface area contributed by atoms with Gasteiger partial charge in [0.05, 0.1) is 7.11 Å². The Bertz CT molecular complexity index is 641. The van der Waals surface area contributed by atoms with Crippen molar-refractivity contribution in [1.82, 2.24) is 0 Å². The van der Waals surface area contributed by atoms with Crippen LogP contribution in [0.25, 0.3) is 6.08 Å². The third kappa shape index (κ3) is 10.2. The third-order valence-electron chi connectivity index (χ3n) is 4.18. The van der Waals surface area contributed by atoms with Crippen LogP contribution in [0.1, 0.15) is 52.0 Å². The van der Waals surface area contributed by atoms with E-state index in [4.69, 9.17) is 18.0 Å². The van der Waals surface area contributed by atoms with Crippen molar-refractivity contribution < 1.29 is 32.3 Å². The van der Waals surface area contributed by atoms with E-state index in [0.717, 1.165) is 30.9 Å². The van der Waals surface area contributed by atoms with Gasteiger partial charge in [-0.3, -0.25) is 4.79 Å². The molecule has 1 aromatic rings. The lowest BCUT2D eigenvalue weighted by Crippen LogP contribution is -2.45. The zero-order valence-corrected chi connectivity index (χ0v) is 19.5. The highest BCUT2D eigenvalue weighted by molar-refractivity contribution is 6.60. The molecule has 7 nitrogen and oxygen atoms in total. The lowest BCUT2D eigenvalue weighted by Gasteiger charge is -2.28. The summed E-state index contributed by atoms with van der Waals surface area (Å²) in [5.74, 6) is -0.212. The first-order valence-electron chi connectivity index (χ1n) is 10.5. The Morgan fingerprint density at radius 1 is 0.900 bits per heavy atom. The van der Waals surface area contributed by atoms with Gasteiger partial charge in [-0.2, -0.15) is 0 Å². The van der Waals surface area contributed by atoms with Crippen LogP contribution in [0.15, 0.2) is 30.3 Å². The van der Waals surface area contributed by atoms with E-state index >= 15 is 0 Å². The second-order valence-electron chi connectivity index (χ2n) is 6.44. The molecule has 0 aliphatic heterocycles. The molecule has 30 heavy (non-hydrogen) atoms. The number of hydrogen-bond acceptors (Lipinski definition) is 7. The van der Waals surface area contributed by atoms with E-state index in [1.807, 2.05) is 20.8 Å². The van der Waals surface area contributed by atoms with Gasteiger partial charge in [0, 0.05) is 38.4 Å². The maximum Gasteiger partial charge on any atom is 0.500 e. The van der Waals surface area contributed by atoms with Crippen molar-refractivity contribution in [2.24, 2.45) is 0 Å². The maximum atomic E-state index is 12.1. The summed E-state index contributed by atoms with van der Waals surface area (Å²) >= 11 is 0. The summed E-state index contributed by atoms with van der Waals surface area (Å²) in [7, 11) is -1.28. The maximum absolute atomic E-state index is 12.1. The number of esters is 2. The Morgan fingerprint density at radius 3 is 2.03 bits per heavy atom. The van der Waals surface area contributed by atoms with Gasteiger partial charge < -0.3 is 22.8 Å². The summed E-state index contributed by atoms with van der Waals surface area (Å²) < 4.78 is 27.4. The van der Waals surface area contributed by atoms with E-state index in [1.165, 1.54) is 13.2 Å². The van der Waals surface area contributed by atoms with Crippen LogP contribution in [0.4, 0.5) is 0 Å². The molecule has 1 rings (SSSR count). The smallest absolute Gasteiger partial charge is 0.466 e. The van der Waals surface area contributed by atoms with Crippen LogP contribution >= 0.6 is 0 Å². The number of carbonyl (C=O) groups is 2. The van der Waals surface area contributed by atoms with Crippen molar-refractivity contribution in [2.75, 3.05) is 26.9 Å². The molecule has 0 atom stereocenters. The van der Waals surface area contributed by atoms with E-state index in [9.17, 15) is 9.59 Å². The first kappa shape index (κ1) is 26.0. The summed E-state index contributed by atoms with van der Waals surface area (Å²) in [6, 6.07) is 7.67. The highest BCUT2D eigenvalue weighted by Crippen LogP contribution is 2.21. The molecule has 0 bridgehead atoms. The minimum absolute atomic E-state index is 0.268. The molecule has 0 saturated carbocycles. The molecule has 0 heterocycles. The average molecular weight is 439 g/mol. The second kappa shape index (κ2) is 14.9. The topological polar surface area (TPSA) is 80.3 Å². The molecule has 0 saturated heterocycles. The summed E-state index contributed by atoms with van der Waals surface area (Å²) in [4.78, 5) is 23.2. The SMILES string of the molecule is CCO[Si](CCCCCC(=O)Oc1ccc(C=CC(=O)OC)cc1)(OCC)OCC. The first-order chi connectivity index (χ1) is 14.5. The molecule has 0 aromatic heterocycles. The molecule has 0 unspecified atom stereocenters. The van der Waals surface area contributed by atoms with E-state index in [2.05, 4.69) is 4.74 Å². The molecular weight excluding hydrogens is 404 g/mol. The van der Waals surface area contributed by atoms with Gasteiger partial charge in [0.25, 0.3) is 0 Å². The van der Waals surface area contributed by atoms with E-state index in [-0.39, 0.29) is 5.97 Å². The van der Waals surface area contributed by atoms with Crippen LogP contribution in [0.2, 0.25) is 6.04 Å². The van der Waals surface area contributed by atoms with E-state index in [0.29, 0.717) is 32.0 Å². The third-order valence-corrected chi connectivity index (χ3v) is 7.33. The standard InChI is InChI=1S/C22H34O7Si/c1-5-26-30(27-6-2,28-7-3)18-10-8-9-11-22(24)29-20-15-12-19(13-16-20)14-17-21(23)25-4/h12-17H,5-11,18H2,1-4H3. The predicted octanol–water partition coefficient (Wildman–Crippen LogP) is 4.39. The second-order valence-corrected chi connectivity index (χ2v) is 9.17. The van der Waals surface area contributed by atoms with Gasteiger partial charge in [-0.15, -0.1) is 0 Å². The van der Waals surface area contributed by atoms with Gasteiger partial charge in [-0.25, -0.2) is 4.79 Å². The number of methoxy groups -OCH3 is 1. The average Bonchev–Trinajstić information content (AvgIpc) is 2.73. The van der Waals surface area contributed by atoms with Crippen molar-refractivity contribution in [3.8, 4) is 5.75 Å². The van der Waals surface area contributed by atoms with Crippen molar-refractivity contribution >= 4 is 26.8 Å². The Labute approximate surface area is 180 Å². The Morgan fingerprint density at radius 2 is 1.50 bits per heavy atom. The lowest BCUT2D eigenvalue weighted by atomic mass is 10.2. The molecular formula is C22H34O7Si. The normalized spacial score (nSPS) is 11.6. The molecule has 0 aliphatic carbocycles. The highest BCUT2D eigenvalue weighted by Gasteiger charge is 2.39. The van der Waals surface area contributed by atoms with Crippen molar-refractivity contribution in [1.29, 1.82) is 0 Å². The number of hydrogen-bond donors (Lipinski definition) is 0. The fourth-order valence-corrected chi connectivity index (χ4v) is 5.54. The number of carbonyl (C=O) groups excluding carboxylic acids is 2. The number of ether oxygens (including phenoxy) is 2. The van der Waals surface area contributed by atoms with Crippen LogP contribution in [-0.4, -0.2) is 47.7 Å². The molecule has 0 spiro atoms. The monoisotopic (exact) mass is 438 g/mol. The summed E-state index contributed by atoms with van der Waals surface area (Å²) in [6.45, 7) is 7.52. The van der Waals surface area contributed by atoms with Gasteiger partial charge in [0.1, 0.15) is 5.75 Å².